The Morgan fingerprint density at radius 3 is 2.50 bits per heavy atom. The number of amides is 1. The van der Waals surface area contributed by atoms with Crippen LogP contribution in [-0.2, 0) is 4.79 Å². The number of carbonyl (C=O) groups is 2. The number of benzene rings is 1. The lowest BCUT2D eigenvalue weighted by molar-refractivity contribution is -0.145. The summed E-state index contributed by atoms with van der Waals surface area (Å²) in [5, 5.41) is 12.0. The third-order valence-corrected chi connectivity index (χ3v) is 3.24. The summed E-state index contributed by atoms with van der Waals surface area (Å²) in [5.41, 5.74) is 4.29. The van der Waals surface area contributed by atoms with Gasteiger partial charge in [-0.15, -0.1) is 0 Å². The molecule has 1 aromatic carbocycles. The number of carboxylic acids is 1. The SMILES string of the molecule is NC(=O)c1cc(F)ccc1NC1(C(=O)O)CCC1. The molecule has 0 atom stereocenters. The van der Waals surface area contributed by atoms with E-state index in [1.54, 1.807) is 0 Å². The van der Waals surface area contributed by atoms with E-state index >= 15 is 0 Å². The fraction of sp³-hybridized carbons (Fsp3) is 0.333. The Labute approximate surface area is 103 Å². The zero-order valence-electron chi connectivity index (χ0n) is 9.57. The maximum atomic E-state index is 13.0. The van der Waals surface area contributed by atoms with Gasteiger partial charge >= 0.3 is 5.97 Å². The molecule has 2 rings (SSSR count). The molecule has 0 saturated heterocycles. The molecule has 18 heavy (non-hydrogen) atoms. The minimum Gasteiger partial charge on any atom is -0.480 e. The van der Waals surface area contributed by atoms with Gasteiger partial charge in [0, 0.05) is 5.69 Å². The molecular formula is C12H13FN2O3. The topological polar surface area (TPSA) is 92.4 Å². The van der Waals surface area contributed by atoms with E-state index in [2.05, 4.69) is 5.32 Å². The summed E-state index contributed by atoms with van der Waals surface area (Å²) >= 11 is 0. The molecular weight excluding hydrogens is 239 g/mol. The summed E-state index contributed by atoms with van der Waals surface area (Å²) in [5.74, 6) is -2.36. The van der Waals surface area contributed by atoms with Gasteiger partial charge in [-0.2, -0.15) is 0 Å². The van der Waals surface area contributed by atoms with E-state index < -0.39 is 23.2 Å². The molecule has 1 aliphatic rings. The van der Waals surface area contributed by atoms with Crippen LogP contribution in [0.1, 0.15) is 29.6 Å². The third kappa shape index (κ3) is 2.01. The van der Waals surface area contributed by atoms with Gasteiger partial charge in [0.15, 0.2) is 0 Å². The van der Waals surface area contributed by atoms with Crippen molar-refractivity contribution in [3.63, 3.8) is 0 Å². The van der Waals surface area contributed by atoms with Crippen molar-refractivity contribution in [2.45, 2.75) is 24.8 Å². The Hall–Kier alpha value is -2.11. The van der Waals surface area contributed by atoms with Crippen LogP contribution in [0.25, 0.3) is 0 Å². The average Bonchev–Trinajstić information content (AvgIpc) is 2.24. The molecule has 5 nitrogen and oxygen atoms in total. The van der Waals surface area contributed by atoms with Crippen LogP contribution in [0.3, 0.4) is 0 Å². The van der Waals surface area contributed by atoms with Crippen molar-refractivity contribution < 1.29 is 19.1 Å². The predicted molar refractivity (Wildman–Crippen MR) is 62.8 cm³/mol. The fourth-order valence-corrected chi connectivity index (χ4v) is 2.01. The minimum atomic E-state index is -1.07. The first-order valence-corrected chi connectivity index (χ1v) is 5.55. The molecule has 1 aromatic rings. The van der Waals surface area contributed by atoms with Gasteiger partial charge < -0.3 is 16.2 Å². The zero-order chi connectivity index (χ0) is 13.3. The van der Waals surface area contributed by atoms with Gasteiger partial charge in [-0.05, 0) is 37.5 Å². The predicted octanol–water partition coefficient (Wildman–Crippen LogP) is 1.34. The molecule has 1 saturated carbocycles. The van der Waals surface area contributed by atoms with Crippen LogP contribution in [0.4, 0.5) is 10.1 Å². The molecule has 0 bridgehead atoms. The fourth-order valence-electron chi connectivity index (χ4n) is 2.01. The van der Waals surface area contributed by atoms with Crippen LogP contribution in [0, 0.1) is 5.82 Å². The molecule has 0 spiro atoms. The second kappa shape index (κ2) is 4.29. The van der Waals surface area contributed by atoms with E-state index in [1.807, 2.05) is 0 Å². The monoisotopic (exact) mass is 252 g/mol. The summed E-state index contributed by atoms with van der Waals surface area (Å²) in [6.45, 7) is 0. The summed E-state index contributed by atoms with van der Waals surface area (Å²) in [6, 6.07) is 3.49. The quantitative estimate of drug-likeness (QED) is 0.754. The molecule has 4 N–H and O–H groups in total. The Morgan fingerprint density at radius 1 is 1.39 bits per heavy atom. The number of aliphatic carboxylic acids is 1. The largest absolute Gasteiger partial charge is 0.480 e. The van der Waals surface area contributed by atoms with Crippen molar-refractivity contribution in [2.75, 3.05) is 5.32 Å². The van der Waals surface area contributed by atoms with Crippen molar-refractivity contribution in [1.82, 2.24) is 0 Å². The summed E-state index contributed by atoms with van der Waals surface area (Å²) in [7, 11) is 0. The van der Waals surface area contributed by atoms with Crippen molar-refractivity contribution >= 4 is 17.6 Å². The number of carboxylic acid groups (broad SMARTS) is 1. The van der Waals surface area contributed by atoms with Gasteiger partial charge in [-0.25, -0.2) is 9.18 Å². The van der Waals surface area contributed by atoms with Crippen molar-refractivity contribution in [3.8, 4) is 0 Å². The average molecular weight is 252 g/mol. The zero-order valence-corrected chi connectivity index (χ0v) is 9.57. The van der Waals surface area contributed by atoms with E-state index in [4.69, 9.17) is 5.73 Å². The van der Waals surface area contributed by atoms with Crippen LogP contribution in [0.2, 0.25) is 0 Å². The molecule has 1 aliphatic carbocycles. The number of carbonyl (C=O) groups excluding carboxylic acids is 1. The van der Waals surface area contributed by atoms with E-state index in [9.17, 15) is 19.1 Å². The van der Waals surface area contributed by atoms with E-state index in [0.29, 0.717) is 12.8 Å². The maximum absolute atomic E-state index is 13.0. The number of hydrogen-bond donors (Lipinski definition) is 3. The summed E-state index contributed by atoms with van der Waals surface area (Å²) < 4.78 is 13.0. The van der Waals surface area contributed by atoms with Crippen molar-refractivity contribution in [1.29, 1.82) is 0 Å². The Bertz CT molecular complexity index is 512. The van der Waals surface area contributed by atoms with Crippen LogP contribution >= 0.6 is 0 Å². The summed E-state index contributed by atoms with van der Waals surface area (Å²) in [6.07, 6.45) is 1.74. The first kappa shape index (κ1) is 12.3. The highest BCUT2D eigenvalue weighted by atomic mass is 19.1. The Balaban J connectivity index is 2.34. The highest BCUT2D eigenvalue weighted by Crippen LogP contribution is 2.36. The molecule has 1 fully saturated rings. The molecule has 0 unspecified atom stereocenters. The molecule has 1 amide bonds. The van der Waals surface area contributed by atoms with Gasteiger partial charge in [0.25, 0.3) is 5.91 Å². The number of nitrogens with one attached hydrogen (secondary N) is 1. The molecule has 6 heteroatoms. The molecule has 96 valence electrons. The lowest BCUT2D eigenvalue weighted by atomic mass is 9.76. The first-order chi connectivity index (χ1) is 8.44. The minimum absolute atomic E-state index is 0.0393. The lowest BCUT2D eigenvalue weighted by Crippen LogP contribution is -2.52. The standard InChI is InChI=1S/C12H13FN2O3/c13-7-2-3-9(8(6-7)10(14)16)15-12(11(17)18)4-1-5-12/h2-3,6,15H,1,4-5H2,(H2,14,16)(H,17,18). The van der Waals surface area contributed by atoms with Gasteiger partial charge in [-0.1, -0.05) is 0 Å². The highest BCUT2D eigenvalue weighted by molar-refractivity contribution is 5.99. The van der Waals surface area contributed by atoms with E-state index in [-0.39, 0.29) is 11.3 Å². The van der Waals surface area contributed by atoms with Crippen LogP contribution in [0.15, 0.2) is 18.2 Å². The molecule has 0 aromatic heterocycles. The van der Waals surface area contributed by atoms with Crippen LogP contribution in [-0.4, -0.2) is 22.5 Å². The van der Waals surface area contributed by atoms with Crippen LogP contribution < -0.4 is 11.1 Å². The number of primary amides is 1. The smallest absolute Gasteiger partial charge is 0.329 e. The maximum Gasteiger partial charge on any atom is 0.329 e. The van der Waals surface area contributed by atoms with Gasteiger partial charge in [-0.3, -0.25) is 4.79 Å². The third-order valence-electron chi connectivity index (χ3n) is 3.24. The lowest BCUT2D eigenvalue weighted by Gasteiger charge is -2.39. The van der Waals surface area contributed by atoms with Crippen LogP contribution in [0.5, 0.6) is 0 Å². The number of rotatable bonds is 4. The van der Waals surface area contributed by atoms with Crippen molar-refractivity contribution in [2.24, 2.45) is 5.73 Å². The molecule has 0 aliphatic heterocycles. The highest BCUT2D eigenvalue weighted by Gasteiger charge is 2.44. The molecule has 0 radical (unpaired) electrons. The second-order valence-corrected chi connectivity index (χ2v) is 4.42. The van der Waals surface area contributed by atoms with Gasteiger partial charge in [0.1, 0.15) is 11.4 Å². The number of nitrogens with two attached hydrogens (primary N) is 1. The number of hydrogen-bond acceptors (Lipinski definition) is 3. The second-order valence-electron chi connectivity index (χ2n) is 4.42. The Morgan fingerprint density at radius 2 is 2.06 bits per heavy atom. The first-order valence-electron chi connectivity index (χ1n) is 5.55. The van der Waals surface area contributed by atoms with E-state index in [1.165, 1.54) is 6.07 Å². The van der Waals surface area contributed by atoms with Gasteiger partial charge in [0.05, 0.1) is 5.56 Å². The van der Waals surface area contributed by atoms with Gasteiger partial charge in [0.2, 0.25) is 0 Å². The normalized spacial score (nSPS) is 16.7. The summed E-state index contributed by atoms with van der Waals surface area (Å²) in [4.78, 5) is 22.4. The van der Waals surface area contributed by atoms with Crippen molar-refractivity contribution in [3.05, 3.63) is 29.6 Å². The Kier molecular flexibility index (Phi) is 2.94. The number of halogens is 1. The molecule has 0 heterocycles. The van der Waals surface area contributed by atoms with E-state index in [0.717, 1.165) is 18.6 Å². The number of anilines is 1.